The highest BCUT2D eigenvalue weighted by atomic mass is 35.5. The maximum atomic E-state index is 6.05. The van der Waals surface area contributed by atoms with E-state index < -0.39 is 11.7 Å². The zero-order valence-corrected chi connectivity index (χ0v) is 17.5. The van der Waals surface area contributed by atoms with E-state index in [1.165, 1.54) is 0 Å². The topological polar surface area (TPSA) is 61.5 Å². The van der Waals surface area contributed by atoms with Gasteiger partial charge in [-0.15, -0.1) is 0 Å². The SMILES string of the molecule is CC1OC(C(C)(Cc2ccccn2)c2ccnc3c(-c4ccc(Cl)cc4)cnn23)O1. The van der Waals surface area contributed by atoms with Crippen molar-refractivity contribution in [1.29, 1.82) is 0 Å². The third kappa shape index (κ3) is 3.27. The van der Waals surface area contributed by atoms with Gasteiger partial charge in [0.15, 0.2) is 18.2 Å². The highest BCUT2D eigenvalue weighted by Crippen LogP contribution is 2.39. The molecule has 1 aliphatic heterocycles. The molecule has 1 fully saturated rings. The summed E-state index contributed by atoms with van der Waals surface area (Å²) < 4.78 is 13.8. The fourth-order valence-electron chi connectivity index (χ4n) is 3.99. The molecule has 1 aliphatic rings. The number of rotatable bonds is 5. The van der Waals surface area contributed by atoms with E-state index in [0.717, 1.165) is 28.2 Å². The zero-order chi connectivity index (χ0) is 20.7. The number of hydrogen-bond donors (Lipinski definition) is 0. The molecule has 4 aromatic rings. The predicted molar refractivity (Wildman–Crippen MR) is 114 cm³/mol. The smallest absolute Gasteiger partial charge is 0.175 e. The Morgan fingerprint density at radius 2 is 1.83 bits per heavy atom. The summed E-state index contributed by atoms with van der Waals surface area (Å²) >= 11 is 6.05. The number of aromatic nitrogens is 4. The standard InChI is InChI=1S/C23H21ClN4O2/c1-15-29-22(30-15)23(2,13-18-5-3-4-11-25-18)20-10-12-26-21-19(14-27-28(20)21)16-6-8-17(24)9-7-16/h3-12,14-15,22H,13H2,1-2H3. The number of pyridine rings is 1. The summed E-state index contributed by atoms with van der Waals surface area (Å²) in [4.78, 5) is 9.13. The Bertz CT molecular complexity index is 1170. The maximum Gasteiger partial charge on any atom is 0.175 e. The second-order valence-corrected chi connectivity index (χ2v) is 8.15. The van der Waals surface area contributed by atoms with Crippen LogP contribution in [0.3, 0.4) is 0 Å². The van der Waals surface area contributed by atoms with Gasteiger partial charge in [-0.05, 0) is 49.7 Å². The van der Waals surface area contributed by atoms with Crippen LogP contribution in [0.2, 0.25) is 5.02 Å². The minimum atomic E-state index is -0.509. The number of ether oxygens (including phenoxy) is 2. The minimum Gasteiger partial charge on any atom is -0.323 e. The van der Waals surface area contributed by atoms with Crippen molar-refractivity contribution >= 4 is 17.2 Å². The van der Waals surface area contributed by atoms with E-state index in [4.69, 9.17) is 21.1 Å². The van der Waals surface area contributed by atoms with Crippen molar-refractivity contribution in [1.82, 2.24) is 19.6 Å². The molecule has 0 spiro atoms. The van der Waals surface area contributed by atoms with Gasteiger partial charge in [0.25, 0.3) is 0 Å². The maximum absolute atomic E-state index is 6.05. The van der Waals surface area contributed by atoms with Crippen LogP contribution in [-0.4, -0.2) is 32.2 Å². The van der Waals surface area contributed by atoms with E-state index in [2.05, 4.69) is 22.0 Å². The number of halogens is 1. The molecule has 1 aromatic carbocycles. The lowest BCUT2D eigenvalue weighted by molar-refractivity contribution is -0.396. The summed E-state index contributed by atoms with van der Waals surface area (Å²) in [6.45, 7) is 4.02. The van der Waals surface area contributed by atoms with E-state index in [1.54, 1.807) is 6.20 Å². The lowest BCUT2D eigenvalue weighted by Gasteiger charge is -2.45. The molecule has 1 atom stereocenters. The first-order chi connectivity index (χ1) is 14.5. The summed E-state index contributed by atoms with van der Waals surface area (Å²) in [6.07, 6.45) is 5.46. The summed E-state index contributed by atoms with van der Waals surface area (Å²) in [7, 11) is 0. The van der Waals surface area contributed by atoms with Gasteiger partial charge in [0.1, 0.15) is 0 Å². The Kier molecular flexibility index (Phi) is 4.77. The Morgan fingerprint density at radius 3 is 2.53 bits per heavy atom. The van der Waals surface area contributed by atoms with Gasteiger partial charge >= 0.3 is 0 Å². The predicted octanol–water partition coefficient (Wildman–Crippen LogP) is 4.66. The molecule has 1 unspecified atom stereocenters. The van der Waals surface area contributed by atoms with Crippen molar-refractivity contribution in [2.45, 2.75) is 38.3 Å². The van der Waals surface area contributed by atoms with E-state index in [-0.39, 0.29) is 6.29 Å². The molecule has 1 saturated heterocycles. The third-order valence-corrected chi connectivity index (χ3v) is 5.82. The van der Waals surface area contributed by atoms with Crippen molar-refractivity contribution in [2.75, 3.05) is 0 Å². The van der Waals surface area contributed by atoms with Gasteiger partial charge in [-0.1, -0.05) is 29.8 Å². The monoisotopic (exact) mass is 420 g/mol. The first-order valence-corrected chi connectivity index (χ1v) is 10.2. The van der Waals surface area contributed by atoms with Crippen LogP contribution in [0.25, 0.3) is 16.8 Å². The molecular weight excluding hydrogens is 400 g/mol. The van der Waals surface area contributed by atoms with Crippen LogP contribution in [0.4, 0.5) is 0 Å². The van der Waals surface area contributed by atoms with Crippen LogP contribution >= 0.6 is 11.6 Å². The Balaban J connectivity index is 1.62. The molecule has 0 saturated carbocycles. The molecule has 0 aliphatic carbocycles. The van der Waals surface area contributed by atoms with Crippen LogP contribution in [0.15, 0.2) is 67.1 Å². The second kappa shape index (κ2) is 7.47. The largest absolute Gasteiger partial charge is 0.323 e. The highest BCUT2D eigenvalue weighted by molar-refractivity contribution is 6.30. The summed E-state index contributed by atoms with van der Waals surface area (Å²) in [6, 6.07) is 15.6. The van der Waals surface area contributed by atoms with E-state index in [0.29, 0.717) is 11.4 Å². The third-order valence-electron chi connectivity index (χ3n) is 5.57. The molecular formula is C23H21ClN4O2. The normalized spacial score (nSPS) is 20.6. The fraction of sp³-hybridized carbons (Fsp3) is 0.261. The molecule has 0 bridgehead atoms. The van der Waals surface area contributed by atoms with Gasteiger partial charge < -0.3 is 9.47 Å². The summed E-state index contributed by atoms with van der Waals surface area (Å²) in [5.41, 5.74) is 4.13. The minimum absolute atomic E-state index is 0.224. The van der Waals surface area contributed by atoms with Crippen molar-refractivity contribution in [2.24, 2.45) is 0 Å². The average Bonchev–Trinajstić information content (AvgIpc) is 3.17. The van der Waals surface area contributed by atoms with Crippen molar-refractivity contribution in [3.63, 3.8) is 0 Å². The average molecular weight is 421 g/mol. The van der Waals surface area contributed by atoms with Gasteiger partial charge in [-0.3, -0.25) is 4.98 Å². The highest BCUT2D eigenvalue weighted by Gasteiger charge is 2.47. The van der Waals surface area contributed by atoms with E-state index in [9.17, 15) is 0 Å². The van der Waals surface area contributed by atoms with E-state index >= 15 is 0 Å². The van der Waals surface area contributed by atoms with Crippen LogP contribution in [0.1, 0.15) is 25.2 Å². The van der Waals surface area contributed by atoms with Crippen LogP contribution in [0.5, 0.6) is 0 Å². The van der Waals surface area contributed by atoms with Crippen LogP contribution in [-0.2, 0) is 21.3 Å². The lowest BCUT2D eigenvalue weighted by atomic mass is 9.80. The number of benzene rings is 1. The second-order valence-electron chi connectivity index (χ2n) is 7.72. The molecule has 3 aromatic heterocycles. The molecule has 7 heteroatoms. The van der Waals surface area contributed by atoms with Gasteiger partial charge in [-0.2, -0.15) is 5.10 Å². The van der Waals surface area contributed by atoms with Crippen molar-refractivity contribution in [3.8, 4) is 11.1 Å². The van der Waals surface area contributed by atoms with Crippen molar-refractivity contribution < 1.29 is 9.47 Å². The van der Waals surface area contributed by atoms with Gasteiger partial charge in [-0.25, -0.2) is 9.50 Å². The molecule has 0 N–H and O–H groups in total. The molecule has 6 nitrogen and oxygen atoms in total. The fourth-order valence-corrected chi connectivity index (χ4v) is 4.12. The Hall–Kier alpha value is -2.80. The Morgan fingerprint density at radius 1 is 1.03 bits per heavy atom. The number of hydrogen-bond acceptors (Lipinski definition) is 5. The summed E-state index contributed by atoms with van der Waals surface area (Å²) in [5.74, 6) is 0. The molecule has 30 heavy (non-hydrogen) atoms. The Labute approximate surface area is 179 Å². The lowest BCUT2D eigenvalue weighted by Crippen LogP contribution is -2.53. The zero-order valence-electron chi connectivity index (χ0n) is 16.7. The number of fused-ring (bicyclic) bond motifs is 1. The van der Waals surface area contributed by atoms with Gasteiger partial charge in [0.05, 0.1) is 17.3 Å². The van der Waals surface area contributed by atoms with Gasteiger partial charge in [0, 0.05) is 35.1 Å². The van der Waals surface area contributed by atoms with Crippen LogP contribution in [0, 0.1) is 0 Å². The van der Waals surface area contributed by atoms with Gasteiger partial charge in [0.2, 0.25) is 0 Å². The summed E-state index contributed by atoms with van der Waals surface area (Å²) in [5, 5.41) is 5.37. The van der Waals surface area contributed by atoms with Crippen molar-refractivity contribution in [3.05, 3.63) is 83.5 Å². The molecule has 0 radical (unpaired) electrons. The van der Waals surface area contributed by atoms with Crippen LogP contribution < -0.4 is 0 Å². The quantitative estimate of drug-likeness (QED) is 0.469. The first-order valence-electron chi connectivity index (χ1n) is 9.84. The molecule has 5 rings (SSSR count). The first kappa shape index (κ1) is 19.2. The van der Waals surface area contributed by atoms with E-state index in [1.807, 2.05) is 72.4 Å². The molecule has 4 heterocycles. The number of nitrogens with zero attached hydrogens (tertiary/aromatic N) is 4. The molecule has 0 amide bonds. The molecule has 152 valence electrons.